The number of carbonyl (C=O) groups is 1. The summed E-state index contributed by atoms with van der Waals surface area (Å²) in [6.45, 7) is 12.1. The maximum Gasteiger partial charge on any atom is 0.243 e. The molecule has 2 fully saturated rings. The molecule has 106 valence electrons. The van der Waals surface area contributed by atoms with E-state index in [1.165, 1.54) is 0 Å². The van der Waals surface area contributed by atoms with Crippen molar-refractivity contribution in [3.8, 4) is 6.07 Å². The molecule has 1 aliphatic carbocycles. The molecule has 1 amide bonds. The summed E-state index contributed by atoms with van der Waals surface area (Å²) in [4.78, 5) is 16.8. The van der Waals surface area contributed by atoms with Crippen LogP contribution in [0.1, 0.15) is 40.5 Å². The molecular formula is C15H25N3O. The SMILES string of the molecule is CC1CC(C#N)(C(=O)N2CCN(C(C)(C)C)CC2)C1. The molecule has 1 heterocycles. The first-order valence-corrected chi connectivity index (χ1v) is 7.24. The highest BCUT2D eigenvalue weighted by atomic mass is 16.2. The average Bonchev–Trinajstić information content (AvgIpc) is 2.33. The Hall–Kier alpha value is -1.08. The fourth-order valence-electron chi connectivity index (χ4n) is 3.33. The van der Waals surface area contributed by atoms with Crippen molar-refractivity contribution in [1.82, 2.24) is 9.80 Å². The molecule has 0 bridgehead atoms. The molecule has 2 rings (SSSR count). The maximum absolute atomic E-state index is 12.5. The smallest absolute Gasteiger partial charge is 0.243 e. The van der Waals surface area contributed by atoms with Crippen LogP contribution in [0.3, 0.4) is 0 Å². The lowest BCUT2D eigenvalue weighted by molar-refractivity contribution is -0.147. The zero-order chi connectivity index (χ0) is 14.3. The third-order valence-electron chi connectivity index (χ3n) is 4.53. The minimum Gasteiger partial charge on any atom is -0.339 e. The summed E-state index contributed by atoms with van der Waals surface area (Å²) in [6, 6.07) is 2.28. The van der Waals surface area contributed by atoms with Crippen molar-refractivity contribution in [3.05, 3.63) is 0 Å². The summed E-state index contributed by atoms with van der Waals surface area (Å²) in [7, 11) is 0. The van der Waals surface area contributed by atoms with E-state index in [1.54, 1.807) is 0 Å². The second-order valence-electron chi connectivity index (χ2n) is 7.16. The lowest BCUT2D eigenvalue weighted by atomic mass is 9.62. The molecule has 2 aliphatic rings. The molecule has 4 heteroatoms. The molecule has 0 unspecified atom stereocenters. The second-order valence-corrected chi connectivity index (χ2v) is 7.16. The van der Waals surface area contributed by atoms with Crippen LogP contribution in [0.5, 0.6) is 0 Å². The lowest BCUT2D eigenvalue weighted by Crippen LogP contribution is -2.58. The monoisotopic (exact) mass is 263 g/mol. The van der Waals surface area contributed by atoms with Crippen molar-refractivity contribution < 1.29 is 4.79 Å². The van der Waals surface area contributed by atoms with E-state index in [2.05, 4.69) is 38.7 Å². The zero-order valence-corrected chi connectivity index (χ0v) is 12.6. The van der Waals surface area contributed by atoms with Gasteiger partial charge < -0.3 is 4.90 Å². The van der Waals surface area contributed by atoms with Crippen molar-refractivity contribution in [2.45, 2.75) is 46.1 Å². The summed E-state index contributed by atoms with van der Waals surface area (Å²) >= 11 is 0. The summed E-state index contributed by atoms with van der Waals surface area (Å²) in [5.74, 6) is 0.584. The van der Waals surface area contributed by atoms with Gasteiger partial charge in [0.25, 0.3) is 0 Å². The van der Waals surface area contributed by atoms with E-state index in [9.17, 15) is 10.1 Å². The minimum atomic E-state index is -0.705. The average molecular weight is 263 g/mol. The lowest BCUT2D eigenvalue weighted by Gasteiger charge is -2.46. The highest BCUT2D eigenvalue weighted by Gasteiger charge is 2.51. The Bertz CT molecular complexity index is 391. The molecule has 0 aromatic rings. The second kappa shape index (κ2) is 4.79. The van der Waals surface area contributed by atoms with Gasteiger partial charge in [-0.1, -0.05) is 6.92 Å². The van der Waals surface area contributed by atoms with E-state index in [4.69, 9.17) is 0 Å². The van der Waals surface area contributed by atoms with Crippen molar-refractivity contribution in [1.29, 1.82) is 5.26 Å². The standard InChI is InChI=1S/C15H25N3O/c1-12-9-15(10-12,11-16)13(19)17-5-7-18(8-6-17)14(2,3)4/h12H,5-10H2,1-4H3. The molecule has 1 saturated carbocycles. The third-order valence-corrected chi connectivity index (χ3v) is 4.53. The third kappa shape index (κ3) is 2.62. The zero-order valence-electron chi connectivity index (χ0n) is 12.6. The molecule has 4 nitrogen and oxygen atoms in total. The van der Waals surface area contributed by atoms with E-state index in [-0.39, 0.29) is 11.4 Å². The number of nitrogens with zero attached hydrogens (tertiary/aromatic N) is 3. The molecule has 19 heavy (non-hydrogen) atoms. The molecule has 0 N–H and O–H groups in total. The number of piperazine rings is 1. The molecule has 0 aromatic carbocycles. The molecule has 0 spiro atoms. The summed E-state index contributed by atoms with van der Waals surface area (Å²) in [6.07, 6.45) is 1.48. The number of carbonyl (C=O) groups excluding carboxylic acids is 1. The number of rotatable bonds is 1. The van der Waals surface area contributed by atoms with Gasteiger partial charge in [-0.15, -0.1) is 0 Å². The molecular weight excluding hydrogens is 238 g/mol. The van der Waals surface area contributed by atoms with Gasteiger partial charge in [0.15, 0.2) is 0 Å². The Balaban J connectivity index is 1.95. The normalized spacial score (nSPS) is 32.6. The topological polar surface area (TPSA) is 47.3 Å². The molecule has 0 radical (unpaired) electrons. The first kappa shape index (κ1) is 14.3. The van der Waals surface area contributed by atoms with Crippen LogP contribution in [0.2, 0.25) is 0 Å². The minimum absolute atomic E-state index is 0.0710. The molecule has 1 aliphatic heterocycles. The quantitative estimate of drug-likeness (QED) is 0.725. The largest absolute Gasteiger partial charge is 0.339 e. The van der Waals surface area contributed by atoms with Gasteiger partial charge in [0, 0.05) is 31.7 Å². The highest BCUT2D eigenvalue weighted by molar-refractivity contribution is 5.86. The Kier molecular flexibility index (Phi) is 3.61. The number of hydrogen-bond acceptors (Lipinski definition) is 3. The molecule has 1 saturated heterocycles. The van der Waals surface area contributed by atoms with E-state index in [1.807, 2.05) is 4.90 Å². The Morgan fingerprint density at radius 2 is 1.74 bits per heavy atom. The Morgan fingerprint density at radius 1 is 1.21 bits per heavy atom. The van der Waals surface area contributed by atoms with E-state index in [0.29, 0.717) is 5.92 Å². The van der Waals surface area contributed by atoms with Crippen LogP contribution < -0.4 is 0 Å². The fraction of sp³-hybridized carbons (Fsp3) is 0.867. The Morgan fingerprint density at radius 3 is 2.11 bits per heavy atom. The van der Waals surface area contributed by atoms with Crippen molar-refractivity contribution in [2.24, 2.45) is 11.3 Å². The van der Waals surface area contributed by atoms with Crippen LogP contribution >= 0.6 is 0 Å². The first-order chi connectivity index (χ1) is 8.78. The molecule has 0 atom stereocenters. The number of amides is 1. The van der Waals surface area contributed by atoms with E-state index >= 15 is 0 Å². The van der Waals surface area contributed by atoms with Crippen LogP contribution in [0.4, 0.5) is 0 Å². The fourth-order valence-corrected chi connectivity index (χ4v) is 3.33. The van der Waals surface area contributed by atoms with E-state index in [0.717, 1.165) is 39.0 Å². The van der Waals surface area contributed by atoms with Crippen LogP contribution in [-0.2, 0) is 4.79 Å². The predicted molar refractivity (Wildman–Crippen MR) is 74.4 cm³/mol. The highest BCUT2D eigenvalue weighted by Crippen LogP contribution is 2.46. The first-order valence-electron chi connectivity index (χ1n) is 7.24. The Labute approximate surface area is 116 Å². The van der Waals surface area contributed by atoms with Crippen LogP contribution in [0.15, 0.2) is 0 Å². The van der Waals surface area contributed by atoms with Gasteiger partial charge in [0.1, 0.15) is 5.41 Å². The van der Waals surface area contributed by atoms with Crippen LogP contribution in [0, 0.1) is 22.7 Å². The van der Waals surface area contributed by atoms with Gasteiger partial charge in [0.2, 0.25) is 5.91 Å². The summed E-state index contributed by atoms with van der Waals surface area (Å²) < 4.78 is 0. The van der Waals surface area contributed by atoms with Crippen molar-refractivity contribution in [2.75, 3.05) is 26.2 Å². The van der Waals surface area contributed by atoms with Crippen LogP contribution in [-0.4, -0.2) is 47.4 Å². The van der Waals surface area contributed by atoms with Gasteiger partial charge in [-0.25, -0.2) is 0 Å². The summed E-state index contributed by atoms with van der Waals surface area (Å²) in [5.41, 5.74) is -0.545. The maximum atomic E-state index is 12.5. The van der Waals surface area contributed by atoms with Crippen LogP contribution in [0.25, 0.3) is 0 Å². The van der Waals surface area contributed by atoms with Gasteiger partial charge >= 0.3 is 0 Å². The van der Waals surface area contributed by atoms with Crippen molar-refractivity contribution >= 4 is 5.91 Å². The van der Waals surface area contributed by atoms with Gasteiger partial charge in [0.05, 0.1) is 6.07 Å². The van der Waals surface area contributed by atoms with Gasteiger partial charge in [-0.05, 0) is 39.5 Å². The van der Waals surface area contributed by atoms with Crippen molar-refractivity contribution in [3.63, 3.8) is 0 Å². The number of hydrogen-bond donors (Lipinski definition) is 0. The molecule has 0 aromatic heterocycles. The van der Waals surface area contributed by atoms with Gasteiger partial charge in [-0.3, -0.25) is 9.69 Å². The summed E-state index contributed by atoms with van der Waals surface area (Å²) in [5, 5.41) is 9.33. The van der Waals surface area contributed by atoms with Gasteiger partial charge in [-0.2, -0.15) is 5.26 Å². The van der Waals surface area contributed by atoms with E-state index < -0.39 is 5.41 Å². The number of nitriles is 1. The predicted octanol–water partition coefficient (Wildman–Crippen LogP) is 1.87.